The van der Waals surface area contributed by atoms with Crippen LogP contribution in [0.1, 0.15) is 31.4 Å². The number of para-hydroxylation sites is 1. The summed E-state index contributed by atoms with van der Waals surface area (Å²) in [4.78, 5) is 27.0. The van der Waals surface area contributed by atoms with E-state index in [1.807, 2.05) is 26.0 Å². The van der Waals surface area contributed by atoms with Crippen molar-refractivity contribution in [2.24, 2.45) is 0 Å². The van der Waals surface area contributed by atoms with Crippen LogP contribution in [0.2, 0.25) is 0 Å². The van der Waals surface area contributed by atoms with Crippen LogP contribution >= 0.6 is 0 Å². The van der Waals surface area contributed by atoms with Gasteiger partial charge in [0.15, 0.2) is 0 Å². The van der Waals surface area contributed by atoms with E-state index in [1.165, 1.54) is 5.56 Å². The van der Waals surface area contributed by atoms with Gasteiger partial charge in [-0.3, -0.25) is 14.5 Å². The molecule has 0 aliphatic carbocycles. The Bertz CT molecular complexity index is 612. The van der Waals surface area contributed by atoms with Gasteiger partial charge in [0, 0.05) is 19.5 Å². The summed E-state index contributed by atoms with van der Waals surface area (Å²) in [5.74, 6) is -0.0771. The van der Waals surface area contributed by atoms with Crippen molar-refractivity contribution in [3.63, 3.8) is 0 Å². The fourth-order valence-corrected chi connectivity index (χ4v) is 3.56. The van der Waals surface area contributed by atoms with E-state index in [0.29, 0.717) is 6.42 Å². The second-order valence-corrected chi connectivity index (χ2v) is 6.38. The topological polar surface area (TPSA) is 61.4 Å². The van der Waals surface area contributed by atoms with Crippen molar-refractivity contribution in [1.29, 1.82) is 0 Å². The lowest BCUT2D eigenvalue weighted by Gasteiger charge is -2.28. The lowest BCUT2D eigenvalue weighted by Crippen LogP contribution is -2.54. The molecule has 5 heteroatoms. The maximum Gasteiger partial charge on any atom is 0.244 e. The minimum absolute atomic E-state index is 0.0194. The first-order valence-electron chi connectivity index (χ1n) is 7.94. The van der Waals surface area contributed by atoms with Gasteiger partial charge in [-0.05, 0) is 24.0 Å². The summed E-state index contributed by atoms with van der Waals surface area (Å²) in [7, 11) is 1.62. The molecule has 0 fully saturated rings. The molecule has 0 saturated carbocycles. The summed E-state index contributed by atoms with van der Waals surface area (Å²) in [5, 5.41) is 6.04. The van der Waals surface area contributed by atoms with Crippen molar-refractivity contribution in [3.8, 4) is 0 Å². The normalized spacial score (nSPS) is 23.5. The predicted molar refractivity (Wildman–Crippen MR) is 85.9 cm³/mol. The molecule has 1 aromatic rings. The number of hydrogen-bond donors (Lipinski definition) is 2. The zero-order valence-electron chi connectivity index (χ0n) is 13.3. The van der Waals surface area contributed by atoms with E-state index in [1.54, 1.807) is 11.9 Å². The first-order chi connectivity index (χ1) is 10.5. The van der Waals surface area contributed by atoms with E-state index >= 15 is 0 Å². The van der Waals surface area contributed by atoms with Crippen molar-refractivity contribution in [1.82, 2.24) is 10.6 Å². The number of benzene rings is 1. The van der Waals surface area contributed by atoms with Gasteiger partial charge >= 0.3 is 0 Å². The van der Waals surface area contributed by atoms with Gasteiger partial charge in [0.2, 0.25) is 11.8 Å². The lowest BCUT2D eigenvalue weighted by atomic mass is 10.0. The van der Waals surface area contributed by atoms with Crippen molar-refractivity contribution in [2.45, 2.75) is 51.2 Å². The van der Waals surface area contributed by atoms with Crippen molar-refractivity contribution < 1.29 is 9.59 Å². The molecule has 2 heterocycles. The van der Waals surface area contributed by atoms with Gasteiger partial charge in [-0.1, -0.05) is 32.0 Å². The summed E-state index contributed by atoms with van der Waals surface area (Å²) >= 11 is 0. The van der Waals surface area contributed by atoms with Crippen molar-refractivity contribution >= 4 is 17.5 Å². The first-order valence-corrected chi connectivity index (χ1v) is 7.94. The zero-order chi connectivity index (χ0) is 15.9. The Morgan fingerprint density at radius 2 is 2.05 bits per heavy atom. The van der Waals surface area contributed by atoms with Crippen molar-refractivity contribution in [2.75, 3.05) is 11.9 Å². The van der Waals surface area contributed by atoms with Crippen LogP contribution in [0, 0.1) is 0 Å². The highest BCUT2D eigenvalue weighted by Gasteiger charge is 2.43. The van der Waals surface area contributed by atoms with Gasteiger partial charge in [-0.15, -0.1) is 0 Å². The van der Waals surface area contributed by atoms with Crippen LogP contribution in [0.4, 0.5) is 5.69 Å². The van der Waals surface area contributed by atoms with Crippen LogP contribution in [0.5, 0.6) is 0 Å². The summed E-state index contributed by atoms with van der Waals surface area (Å²) in [6.45, 7) is 4.08. The number of rotatable bonds is 3. The van der Waals surface area contributed by atoms with Gasteiger partial charge in [0.1, 0.15) is 6.04 Å². The molecule has 2 aliphatic heterocycles. The van der Waals surface area contributed by atoms with Gasteiger partial charge in [0.25, 0.3) is 0 Å². The quantitative estimate of drug-likeness (QED) is 0.876. The average molecular weight is 301 g/mol. The average Bonchev–Trinajstić information content (AvgIpc) is 2.83. The number of carbonyl (C=O) groups excluding carboxylic acids is 2. The highest BCUT2D eigenvalue weighted by atomic mass is 16.2. The number of anilines is 1. The standard InChI is InChI=1S/C17H23N3O2/c1-10(2)19-13-8-7-11-5-4-6-12-9-14(16(21)18-3)20(15(11)12)17(13)22/h4-6,10,13-14,19H,7-9H2,1-3H3,(H,18,21)/t13-,14-/m1/s1. The molecule has 1 aromatic carbocycles. The molecule has 118 valence electrons. The Morgan fingerprint density at radius 1 is 1.32 bits per heavy atom. The predicted octanol–water partition coefficient (Wildman–Crippen LogP) is 1.00. The second-order valence-electron chi connectivity index (χ2n) is 6.38. The molecule has 3 rings (SSSR count). The smallest absolute Gasteiger partial charge is 0.244 e. The molecule has 0 bridgehead atoms. The molecule has 0 spiro atoms. The van der Waals surface area contributed by atoms with Gasteiger partial charge < -0.3 is 10.6 Å². The van der Waals surface area contributed by atoms with E-state index in [2.05, 4.69) is 16.7 Å². The summed E-state index contributed by atoms with van der Waals surface area (Å²) in [6.07, 6.45) is 2.23. The third-order valence-electron chi connectivity index (χ3n) is 4.49. The molecular formula is C17H23N3O2. The molecule has 22 heavy (non-hydrogen) atoms. The fraction of sp³-hybridized carbons (Fsp3) is 0.529. The van der Waals surface area contributed by atoms with Crippen molar-refractivity contribution in [3.05, 3.63) is 29.3 Å². The molecule has 0 unspecified atom stereocenters. The maximum absolute atomic E-state index is 13.0. The minimum atomic E-state index is -0.428. The second kappa shape index (κ2) is 5.72. The lowest BCUT2D eigenvalue weighted by molar-refractivity contribution is -0.126. The molecule has 5 nitrogen and oxygen atoms in total. The molecule has 0 radical (unpaired) electrons. The number of hydrogen-bond acceptors (Lipinski definition) is 3. The monoisotopic (exact) mass is 301 g/mol. The largest absolute Gasteiger partial charge is 0.357 e. The van der Waals surface area contributed by atoms with E-state index in [4.69, 9.17) is 0 Å². The highest BCUT2D eigenvalue weighted by Crippen LogP contribution is 2.38. The molecule has 2 aliphatic rings. The van der Waals surface area contributed by atoms with Gasteiger partial charge in [0.05, 0.1) is 11.7 Å². The van der Waals surface area contributed by atoms with Crippen LogP contribution in [-0.4, -0.2) is 37.0 Å². The van der Waals surface area contributed by atoms with Crippen LogP contribution in [0.3, 0.4) is 0 Å². The van der Waals surface area contributed by atoms with Crippen LogP contribution in [0.25, 0.3) is 0 Å². The first kappa shape index (κ1) is 15.0. The molecule has 2 amide bonds. The third kappa shape index (κ3) is 2.39. The van der Waals surface area contributed by atoms with Gasteiger partial charge in [-0.2, -0.15) is 0 Å². The Hall–Kier alpha value is -1.88. The number of nitrogens with zero attached hydrogens (tertiary/aromatic N) is 1. The third-order valence-corrected chi connectivity index (χ3v) is 4.49. The van der Waals surface area contributed by atoms with E-state index in [-0.39, 0.29) is 23.9 Å². The Balaban J connectivity index is 2.03. The molecular weight excluding hydrogens is 278 g/mol. The number of amides is 2. The fourth-order valence-electron chi connectivity index (χ4n) is 3.56. The summed E-state index contributed by atoms with van der Waals surface area (Å²) in [6, 6.07) is 5.70. The maximum atomic E-state index is 13.0. The molecule has 2 atom stereocenters. The Labute approximate surface area is 131 Å². The number of carbonyl (C=O) groups is 2. The van der Waals surface area contributed by atoms with Gasteiger partial charge in [-0.25, -0.2) is 0 Å². The summed E-state index contributed by atoms with van der Waals surface area (Å²) in [5.41, 5.74) is 3.24. The minimum Gasteiger partial charge on any atom is -0.357 e. The number of nitrogens with one attached hydrogen (secondary N) is 2. The number of aryl methyl sites for hydroxylation is 1. The van der Waals surface area contributed by atoms with E-state index < -0.39 is 6.04 Å². The van der Waals surface area contributed by atoms with Crippen LogP contribution in [0.15, 0.2) is 18.2 Å². The van der Waals surface area contributed by atoms with Crippen LogP contribution < -0.4 is 15.5 Å². The SMILES string of the molecule is CNC(=O)[C@H]1Cc2cccc3c2N1C(=O)[C@H](NC(C)C)CC3. The Kier molecular flexibility index (Phi) is 3.91. The number of likely N-dealkylation sites (N-methyl/N-ethyl adjacent to an activating group) is 1. The Morgan fingerprint density at radius 3 is 2.73 bits per heavy atom. The zero-order valence-corrected chi connectivity index (χ0v) is 13.3. The summed E-state index contributed by atoms with van der Waals surface area (Å²) < 4.78 is 0. The highest BCUT2D eigenvalue weighted by molar-refractivity contribution is 6.06. The molecule has 0 aromatic heterocycles. The van der Waals surface area contributed by atoms with Crippen LogP contribution in [-0.2, 0) is 22.4 Å². The van der Waals surface area contributed by atoms with E-state index in [9.17, 15) is 9.59 Å². The molecule has 0 saturated heterocycles. The van der Waals surface area contributed by atoms with E-state index in [0.717, 1.165) is 24.1 Å². The molecule has 2 N–H and O–H groups in total.